The standard InChI is InChI=1S/C22H24N4O2.C16H11BrN2O2.C7H15N.CH3F/c1-25-11-6-12-26(14-13-25)21-20(16-7-4-3-5-8-16)23-18-10-9-17(22(27)28-2)15-19(18)24-21;1-21-16(20)11-7-8-12-13(9-11)19-15(17)14(18-12)10-5-3-2-4-6-10;1-8-6-4-2-3-5-7-8;1-2/h3-5,7-10,15H,6,11-14H2,1-2H3;2-9H,1H3;2-7H2,1H3;1H3/i;;;1D. The van der Waals surface area contributed by atoms with Crippen molar-refractivity contribution in [1.82, 2.24) is 29.7 Å². The highest BCUT2D eigenvalue weighted by atomic mass is 79.9. The SMILES string of the molecule is CN1CCCCCC1.COC(=O)c1ccc2nc(-c3ccccc3)c(Br)nc2c1.COC(=O)c1ccc2nc(-c3ccccc3)c(N3CCCN(C)CC3)nc2c1.[2H]CF. The van der Waals surface area contributed by atoms with Crippen LogP contribution in [0.25, 0.3) is 44.6 Å². The number of ether oxygens (including phenoxy) is 2. The molecule has 0 N–H and O–H groups in total. The summed E-state index contributed by atoms with van der Waals surface area (Å²) >= 11 is 3.44. The van der Waals surface area contributed by atoms with E-state index in [1.54, 1.807) is 30.3 Å². The maximum atomic E-state index is 11.9. The van der Waals surface area contributed by atoms with Gasteiger partial charge in [0.1, 0.15) is 16.0 Å². The molecule has 0 unspecified atom stereocenters. The number of likely N-dealkylation sites (tertiary alicyclic amines) is 1. The quantitative estimate of drug-likeness (QED) is 0.155. The van der Waals surface area contributed by atoms with E-state index in [-0.39, 0.29) is 11.9 Å². The number of hydrogen-bond acceptors (Lipinski definition) is 11. The van der Waals surface area contributed by atoms with Crippen LogP contribution in [0.3, 0.4) is 0 Å². The molecular formula is C46H53BrFN7O4. The number of anilines is 1. The molecule has 0 radical (unpaired) electrons. The van der Waals surface area contributed by atoms with Crippen LogP contribution in [0, 0.1) is 0 Å². The van der Waals surface area contributed by atoms with Crippen LogP contribution in [-0.2, 0) is 9.47 Å². The van der Waals surface area contributed by atoms with Gasteiger partial charge in [0, 0.05) is 30.8 Å². The molecular weight excluding hydrogens is 813 g/mol. The van der Waals surface area contributed by atoms with Crippen molar-refractivity contribution in [2.75, 3.05) is 79.6 Å². The second-order valence-corrected chi connectivity index (χ2v) is 15.0. The molecule has 2 saturated heterocycles. The van der Waals surface area contributed by atoms with Gasteiger partial charge >= 0.3 is 11.9 Å². The molecule has 59 heavy (non-hydrogen) atoms. The first-order valence-electron chi connectivity index (χ1n) is 20.4. The molecule has 0 aliphatic carbocycles. The van der Waals surface area contributed by atoms with Gasteiger partial charge in [0.05, 0.1) is 55.9 Å². The van der Waals surface area contributed by atoms with Crippen LogP contribution in [0.15, 0.2) is 102 Å². The fraction of sp³-hybridized carbons (Fsp3) is 0.348. The zero-order valence-corrected chi connectivity index (χ0v) is 35.8. The maximum Gasteiger partial charge on any atom is 0.337 e. The molecule has 310 valence electrons. The number of carbonyl (C=O) groups is 2. The number of nitrogens with zero attached hydrogens (tertiary/aromatic N) is 7. The average molecular weight is 868 g/mol. The summed E-state index contributed by atoms with van der Waals surface area (Å²) in [5, 5.41) is 0. The molecule has 0 saturated carbocycles. The second kappa shape index (κ2) is 22.7. The van der Waals surface area contributed by atoms with Gasteiger partial charge in [-0.25, -0.2) is 29.5 Å². The highest BCUT2D eigenvalue weighted by Gasteiger charge is 2.21. The number of hydrogen-bond donors (Lipinski definition) is 0. The van der Waals surface area contributed by atoms with Crippen LogP contribution in [0.1, 0.15) is 54.2 Å². The number of likely N-dealkylation sites (N-methyl/N-ethyl adjacent to an activating group) is 1. The van der Waals surface area contributed by atoms with Gasteiger partial charge < -0.3 is 24.2 Å². The van der Waals surface area contributed by atoms with Crippen LogP contribution >= 0.6 is 15.9 Å². The predicted octanol–water partition coefficient (Wildman–Crippen LogP) is 9.15. The van der Waals surface area contributed by atoms with Crippen molar-refractivity contribution in [2.45, 2.75) is 32.1 Å². The number of aromatic nitrogens is 4. The van der Waals surface area contributed by atoms with Crippen molar-refractivity contribution >= 4 is 55.8 Å². The number of fused-ring (bicyclic) bond motifs is 2. The van der Waals surface area contributed by atoms with E-state index in [0.717, 1.165) is 72.0 Å². The summed E-state index contributed by atoms with van der Waals surface area (Å²) in [7, 11) is 6.10. The third-order valence-electron chi connectivity index (χ3n) is 10.1. The Bertz CT molecular complexity index is 2300. The summed E-state index contributed by atoms with van der Waals surface area (Å²) < 4.78 is 25.7. The summed E-state index contributed by atoms with van der Waals surface area (Å²) in [6.07, 6.45) is 6.80. The first-order valence-corrected chi connectivity index (χ1v) is 20.5. The van der Waals surface area contributed by atoms with Crippen molar-refractivity contribution in [3.63, 3.8) is 0 Å². The monoisotopic (exact) mass is 866 g/mol. The molecule has 2 aromatic heterocycles. The van der Waals surface area contributed by atoms with Crippen LogP contribution in [-0.4, -0.2) is 116 Å². The summed E-state index contributed by atoms with van der Waals surface area (Å²) in [5.74, 6) is 0.117. The molecule has 6 aromatic rings. The average Bonchev–Trinajstić information content (AvgIpc) is 3.67. The van der Waals surface area contributed by atoms with Gasteiger partial charge in [0.25, 0.3) is 0 Å². The Balaban J connectivity index is 0.000000186. The molecule has 11 nitrogen and oxygen atoms in total. The molecule has 4 aromatic carbocycles. The van der Waals surface area contributed by atoms with Gasteiger partial charge in [-0.3, -0.25) is 4.39 Å². The van der Waals surface area contributed by atoms with Gasteiger partial charge in [-0.15, -0.1) is 0 Å². The van der Waals surface area contributed by atoms with E-state index in [9.17, 15) is 14.0 Å². The van der Waals surface area contributed by atoms with E-state index in [4.69, 9.17) is 20.8 Å². The van der Waals surface area contributed by atoms with Crippen LogP contribution < -0.4 is 4.90 Å². The minimum absolute atomic E-state index is 0.367. The Morgan fingerprint density at radius 1 is 0.593 bits per heavy atom. The van der Waals surface area contributed by atoms with E-state index < -0.39 is 7.15 Å². The minimum atomic E-state index is -1.00. The van der Waals surface area contributed by atoms with Crippen LogP contribution in [0.2, 0.25) is 0 Å². The van der Waals surface area contributed by atoms with Crippen molar-refractivity contribution < 1.29 is 24.8 Å². The van der Waals surface area contributed by atoms with Gasteiger partial charge in [0.15, 0.2) is 5.82 Å². The largest absolute Gasteiger partial charge is 0.465 e. The zero-order chi connectivity index (χ0) is 42.9. The normalized spacial score (nSPS) is 14.8. The smallest absolute Gasteiger partial charge is 0.337 e. The summed E-state index contributed by atoms with van der Waals surface area (Å²) in [5.41, 5.74) is 7.46. The van der Waals surface area contributed by atoms with Crippen molar-refractivity contribution in [2.24, 2.45) is 0 Å². The van der Waals surface area contributed by atoms with E-state index in [0.29, 0.717) is 26.8 Å². The fourth-order valence-corrected chi connectivity index (χ4v) is 7.35. The van der Waals surface area contributed by atoms with Gasteiger partial charge in [-0.2, -0.15) is 0 Å². The summed E-state index contributed by atoms with van der Waals surface area (Å²) in [6.45, 7) is 6.52. The highest BCUT2D eigenvalue weighted by molar-refractivity contribution is 9.10. The number of esters is 2. The number of methoxy groups -OCH3 is 2. The lowest BCUT2D eigenvalue weighted by molar-refractivity contribution is 0.0592. The number of carbonyl (C=O) groups excluding carboxylic acids is 2. The van der Waals surface area contributed by atoms with E-state index in [1.165, 1.54) is 53.0 Å². The molecule has 0 amide bonds. The van der Waals surface area contributed by atoms with Gasteiger partial charge in [-0.05, 0) is 105 Å². The fourth-order valence-electron chi connectivity index (χ4n) is 6.84. The van der Waals surface area contributed by atoms with Crippen molar-refractivity contribution in [3.8, 4) is 22.5 Å². The molecule has 13 heteroatoms. The van der Waals surface area contributed by atoms with Gasteiger partial charge in [0.2, 0.25) is 0 Å². The maximum absolute atomic E-state index is 11.9. The van der Waals surface area contributed by atoms with E-state index >= 15 is 0 Å². The molecule has 4 heterocycles. The molecule has 0 atom stereocenters. The Morgan fingerprint density at radius 3 is 1.61 bits per heavy atom. The van der Waals surface area contributed by atoms with Crippen molar-refractivity contribution in [3.05, 3.63) is 113 Å². The Kier molecular flexibility index (Phi) is 16.6. The van der Waals surface area contributed by atoms with Gasteiger partial charge in [-0.1, -0.05) is 73.5 Å². The number of rotatable bonds is 5. The summed E-state index contributed by atoms with van der Waals surface area (Å²) in [4.78, 5) is 49.5. The second-order valence-electron chi connectivity index (χ2n) is 14.2. The zero-order valence-electron chi connectivity index (χ0n) is 35.2. The molecule has 2 fully saturated rings. The first-order chi connectivity index (χ1) is 29.1. The third kappa shape index (κ3) is 12.3. The lowest BCUT2D eigenvalue weighted by Gasteiger charge is -2.24. The topological polar surface area (TPSA) is 114 Å². The number of halogens is 2. The predicted molar refractivity (Wildman–Crippen MR) is 238 cm³/mol. The van der Waals surface area contributed by atoms with Crippen molar-refractivity contribution in [1.29, 1.82) is 0 Å². The number of alkyl halides is 1. The lowest BCUT2D eigenvalue weighted by atomic mass is 10.1. The first kappa shape index (κ1) is 43.2. The molecule has 8 rings (SSSR count). The Labute approximate surface area is 356 Å². The lowest BCUT2D eigenvalue weighted by Crippen LogP contribution is -2.30. The van der Waals surface area contributed by atoms with E-state index in [1.807, 2.05) is 54.6 Å². The third-order valence-corrected chi connectivity index (χ3v) is 10.6. The molecule has 0 spiro atoms. The Morgan fingerprint density at radius 2 is 1.07 bits per heavy atom. The number of benzene rings is 4. The summed E-state index contributed by atoms with van der Waals surface area (Å²) in [6, 6.07) is 30.4. The molecule has 0 bridgehead atoms. The molecule has 2 aliphatic heterocycles. The van der Waals surface area contributed by atoms with Crippen LogP contribution in [0.5, 0.6) is 0 Å². The molecule has 2 aliphatic rings. The van der Waals surface area contributed by atoms with Crippen LogP contribution in [0.4, 0.5) is 10.2 Å². The minimum Gasteiger partial charge on any atom is -0.465 e. The highest BCUT2D eigenvalue weighted by Crippen LogP contribution is 2.31. The Hall–Kier alpha value is -5.37. The van der Waals surface area contributed by atoms with E-state index in [2.05, 4.69) is 66.8 Å².